The van der Waals surface area contributed by atoms with E-state index >= 15 is 0 Å². The molecule has 0 aromatic rings. The molecule has 84 valence electrons. The zero-order chi connectivity index (χ0) is 11.0. The lowest BCUT2D eigenvalue weighted by Crippen LogP contribution is -2.24. The molecule has 0 rings (SSSR count). The Morgan fingerprint density at radius 1 is 1.36 bits per heavy atom. The first-order valence-corrected chi connectivity index (χ1v) is 5.61. The highest BCUT2D eigenvalue weighted by atomic mass is 15.1. The summed E-state index contributed by atoms with van der Waals surface area (Å²) in [6.45, 7) is 10.3. The quantitative estimate of drug-likeness (QED) is 0.606. The molecule has 0 bridgehead atoms. The summed E-state index contributed by atoms with van der Waals surface area (Å²) in [6, 6.07) is 0.355. The Labute approximate surface area is 89.2 Å². The van der Waals surface area contributed by atoms with Gasteiger partial charge in [-0.25, -0.2) is 0 Å². The zero-order valence-electron chi connectivity index (χ0n) is 10.00. The summed E-state index contributed by atoms with van der Waals surface area (Å²) in [4.78, 5) is 2.31. The molecular weight excluding hydrogens is 172 g/mol. The fourth-order valence-corrected chi connectivity index (χ4v) is 1.71. The second kappa shape index (κ2) is 8.01. The van der Waals surface area contributed by atoms with E-state index in [1.807, 2.05) is 6.08 Å². The van der Waals surface area contributed by atoms with Crippen LogP contribution in [0.5, 0.6) is 0 Å². The maximum atomic E-state index is 5.70. The normalized spacial score (nSPS) is 15.5. The average Bonchev–Trinajstić information content (AvgIpc) is 2.03. The van der Waals surface area contributed by atoms with E-state index in [0.717, 1.165) is 25.4 Å². The highest BCUT2D eigenvalue weighted by Crippen LogP contribution is 2.09. The monoisotopic (exact) mass is 198 g/mol. The first-order chi connectivity index (χ1) is 6.56. The summed E-state index contributed by atoms with van der Waals surface area (Å²) in [5, 5.41) is 0. The molecule has 0 saturated heterocycles. The number of nitrogens with zero attached hydrogens (tertiary/aromatic N) is 1. The Balaban J connectivity index is 3.44. The van der Waals surface area contributed by atoms with Gasteiger partial charge in [-0.2, -0.15) is 0 Å². The van der Waals surface area contributed by atoms with Crippen molar-refractivity contribution in [2.45, 2.75) is 39.2 Å². The highest BCUT2D eigenvalue weighted by Gasteiger charge is 2.05. The van der Waals surface area contributed by atoms with Crippen LogP contribution >= 0.6 is 0 Å². The molecule has 0 aliphatic heterocycles. The molecule has 0 saturated carbocycles. The molecule has 2 atom stereocenters. The molecule has 0 amide bonds. The Bertz CT molecular complexity index is 143. The predicted octanol–water partition coefficient (Wildman–Crippen LogP) is 2.26. The summed E-state index contributed by atoms with van der Waals surface area (Å²) in [5.41, 5.74) is 5.70. The third kappa shape index (κ3) is 8.27. The van der Waals surface area contributed by atoms with Crippen LogP contribution in [-0.4, -0.2) is 31.1 Å². The molecule has 0 spiro atoms. The van der Waals surface area contributed by atoms with Gasteiger partial charge in [-0.3, -0.25) is 0 Å². The lowest BCUT2D eigenvalue weighted by Gasteiger charge is -2.19. The van der Waals surface area contributed by atoms with Crippen molar-refractivity contribution in [2.75, 3.05) is 20.1 Å². The van der Waals surface area contributed by atoms with Crippen LogP contribution < -0.4 is 5.73 Å². The molecule has 2 N–H and O–H groups in total. The van der Waals surface area contributed by atoms with Crippen LogP contribution in [0.15, 0.2) is 12.7 Å². The van der Waals surface area contributed by atoms with Crippen LogP contribution in [0, 0.1) is 5.92 Å². The van der Waals surface area contributed by atoms with Crippen molar-refractivity contribution in [2.24, 2.45) is 11.7 Å². The van der Waals surface area contributed by atoms with E-state index in [2.05, 4.69) is 32.4 Å². The summed E-state index contributed by atoms with van der Waals surface area (Å²) in [7, 11) is 2.14. The van der Waals surface area contributed by atoms with E-state index in [9.17, 15) is 0 Å². The van der Waals surface area contributed by atoms with Crippen molar-refractivity contribution in [3.8, 4) is 0 Å². The largest absolute Gasteiger partial charge is 0.328 e. The number of hydrogen-bond acceptors (Lipinski definition) is 2. The van der Waals surface area contributed by atoms with Gasteiger partial charge in [0.15, 0.2) is 0 Å². The second-order valence-electron chi connectivity index (χ2n) is 4.52. The van der Waals surface area contributed by atoms with E-state index in [1.54, 1.807) is 0 Å². The summed E-state index contributed by atoms with van der Waals surface area (Å²) < 4.78 is 0. The van der Waals surface area contributed by atoms with E-state index in [4.69, 9.17) is 5.73 Å². The van der Waals surface area contributed by atoms with Crippen molar-refractivity contribution in [1.29, 1.82) is 0 Å². The van der Waals surface area contributed by atoms with Gasteiger partial charge >= 0.3 is 0 Å². The molecule has 2 heteroatoms. The summed E-state index contributed by atoms with van der Waals surface area (Å²) in [5.74, 6) is 0.763. The number of likely N-dealkylation sites (N-methyl/N-ethyl adjacent to an activating group) is 1. The van der Waals surface area contributed by atoms with E-state index in [0.29, 0.717) is 6.04 Å². The van der Waals surface area contributed by atoms with Gasteiger partial charge in [-0.15, -0.1) is 6.58 Å². The number of hydrogen-bond donors (Lipinski definition) is 1. The van der Waals surface area contributed by atoms with Gasteiger partial charge in [0.1, 0.15) is 0 Å². The first kappa shape index (κ1) is 13.7. The number of rotatable bonds is 8. The standard InChI is InChI=1S/C12H26N2/c1-5-9-14(4)10-11(2)7-6-8-12(3)13/h5,11-12H,1,6-10,13H2,2-4H3. The van der Waals surface area contributed by atoms with Crippen LogP contribution in [0.3, 0.4) is 0 Å². The minimum atomic E-state index is 0.355. The lowest BCUT2D eigenvalue weighted by molar-refractivity contribution is 0.297. The average molecular weight is 198 g/mol. The molecule has 2 nitrogen and oxygen atoms in total. The summed E-state index contributed by atoms with van der Waals surface area (Å²) >= 11 is 0. The Morgan fingerprint density at radius 3 is 2.50 bits per heavy atom. The van der Waals surface area contributed by atoms with E-state index < -0.39 is 0 Å². The third-order valence-electron chi connectivity index (χ3n) is 2.42. The number of nitrogens with two attached hydrogens (primary N) is 1. The molecule has 14 heavy (non-hydrogen) atoms. The molecule has 0 fully saturated rings. The second-order valence-corrected chi connectivity index (χ2v) is 4.52. The van der Waals surface area contributed by atoms with Gasteiger partial charge in [0.25, 0.3) is 0 Å². The molecular formula is C12H26N2. The fraction of sp³-hybridized carbons (Fsp3) is 0.833. The van der Waals surface area contributed by atoms with Crippen molar-refractivity contribution >= 4 is 0 Å². The Hall–Kier alpha value is -0.340. The smallest absolute Gasteiger partial charge is 0.0157 e. The maximum Gasteiger partial charge on any atom is 0.0157 e. The fourth-order valence-electron chi connectivity index (χ4n) is 1.71. The van der Waals surface area contributed by atoms with Gasteiger partial charge in [-0.05, 0) is 32.7 Å². The van der Waals surface area contributed by atoms with E-state index in [1.165, 1.54) is 12.8 Å². The van der Waals surface area contributed by atoms with Crippen LogP contribution in [0.2, 0.25) is 0 Å². The minimum absolute atomic E-state index is 0.355. The predicted molar refractivity (Wildman–Crippen MR) is 64.4 cm³/mol. The van der Waals surface area contributed by atoms with Crippen LogP contribution in [0.25, 0.3) is 0 Å². The third-order valence-corrected chi connectivity index (χ3v) is 2.42. The Morgan fingerprint density at radius 2 is 2.00 bits per heavy atom. The lowest BCUT2D eigenvalue weighted by atomic mass is 10.0. The first-order valence-electron chi connectivity index (χ1n) is 5.61. The molecule has 0 aromatic carbocycles. The van der Waals surface area contributed by atoms with Crippen molar-refractivity contribution in [3.05, 3.63) is 12.7 Å². The zero-order valence-corrected chi connectivity index (χ0v) is 10.00. The van der Waals surface area contributed by atoms with Gasteiger partial charge in [0.2, 0.25) is 0 Å². The Kier molecular flexibility index (Phi) is 7.81. The van der Waals surface area contributed by atoms with Gasteiger partial charge in [-0.1, -0.05) is 19.4 Å². The molecule has 0 heterocycles. The topological polar surface area (TPSA) is 29.3 Å². The van der Waals surface area contributed by atoms with Gasteiger partial charge < -0.3 is 10.6 Å². The molecule has 0 radical (unpaired) electrons. The van der Waals surface area contributed by atoms with Crippen molar-refractivity contribution < 1.29 is 0 Å². The molecule has 0 aromatic heterocycles. The van der Waals surface area contributed by atoms with Crippen LogP contribution in [0.4, 0.5) is 0 Å². The van der Waals surface area contributed by atoms with Crippen LogP contribution in [-0.2, 0) is 0 Å². The molecule has 0 aliphatic rings. The highest BCUT2D eigenvalue weighted by molar-refractivity contribution is 4.72. The maximum absolute atomic E-state index is 5.70. The van der Waals surface area contributed by atoms with Crippen molar-refractivity contribution in [3.63, 3.8) is 0 Å². The van der Waals surface area contributed by atoms with E-state index in [-0.39, 0.29) is 0 Å². The van der Waals surface area contributed by atoms with Crippen molar-refractivity contribution in [1.82, 2.24) is 4.90 Å². The van der Waals surface area contributed by atoms with Gasteiger partial charge in [0, 0.05) is 19.1 Å². The molecule has 0 aliphatic carbocycles. The minimum Gasteiger partial charge on any atom is -0.328 e. The SMILES string of the molecule is C=CCN(C)CC(C)CCCC(C)N. The summed E-state index contributed by atoms with van der Waals surface area (Å²) in [6.07, 6.45) is 5.63. The van der Waals surface area contributed by atoms with Gasteiger partial charge in [0.05, 0.1) is 0 Å². The molecule has 2 unspecified atom stereocenters. The van der Waals surface area contributed by atoms with Crippen LogP contribution in [0.1, 0.15) is 33.1 Å².